The fourth-order valence-corrected chi connectivity index (χ4v) is 6.41. The van der Waals surface area contributed by atoms with Gasteiger partial charge in [0.15, 0.2) is 0 Å². The lowest BCUT2D eigenvalue weighted by Gasteiger charge is -2.34. The molecule has 4 rings (SSSR count). The van der Waals surface area contributed by atoms with E-state index in [1.165, 1.54) is 61.6 Å². The number of carbonyl (C=O) groups is 2. The zero-order valence-electron chi connectivity index (χ0n) is 26.2. The number of benzene rings is 4. The van der Waals surface area contributed by atoms with E-state index in [0.29, 0.717) is 5.75 Å². The molecule has 0 spiro atoms. The fourth-order valence-electron chi connectivity index (χ4n) is 4.97. The van der Waals surface area contributed by atoms with Crippen molar-refractivity contribution in [1.82, 2.24) is 10.2 Å². The lowest BCUT2D eigenvalue weighted by atomic mass is 10.0. The van der Waals surface area contributed by atoms with E-state index >= 15 is 4.39 Å². The third-order valence-corrected chi connectivity index (χ3v) is 9.04. The van der Waals surface area contributed by atoms with Gasteiger partial charge in [-0.3, -0.25) is 13.9 Å². The van der Waals surface area contributed by atoms with Crippen molar-refractivity contribution in [3.63, 3.8) is 0 Å². The average Bonchev–Trinajstić information content (AvgIpc) is 3.06. The predicted molar refractivity (Wildman–Crippen MR) is 175 cm³/mol. The summed E-state index contributed by atoms with van der Waals surface area (Å²) in [5, 5.41) is 2.88. The summed E-state index contributed by atoms with van der Waals surface area (Å²) in [5.74, 6) is -1.25. The largest absolute Gasteiger partial charge is 0.497 e. The van der Waals surface area contributed by atoms with E-state index in [1.54, 1.807) is 44.2 Å². The standard InChI is InChI=1S/C35H38FN3O6S/c1-25(2)37-35(41)32(21-26-13-7-5-8-14-26)38(23-27-15-11-12-18-30(27)36)34(40)24-39(46(42,43)29-16-9-6-10-17-29)31-22-28(44-3)19-20-33(31)45-4/h5-20,22,25,32H,21,23-24H2,1-4H3,(H,37,41). The van der Waals surface area contributed by atoms with Crippen LogP contribution < -0.4 is 19.1 Å². The summed E-state index contributed by atoms with van der Waals surface area (Å²) in [5.41, 5.74) is 0.986. The fraction of sp³-hybridized carbons (Fsp3) is 0.257. The lowest BCUT2D eigenvalue weighted by molar-refractivity contribution is -0.140. The molecule has 11 heteroatoms. The Morgan fingerprint density at radius 3 is 2.09 bits per heavy atom. The van der Waals surface area contributed by atoms with E-state index in [1.807, 2.05) is 30.3 Å². The number of anilines is 1. The van der Waals surface area contributed by atoms with Crippen molar-refractivity contribution < 1.29 is 31.9 Å². The van der Waals surface area contributed by atoms with Gasteiger partial charge in [0.2, 0.25) is 11.8 Å². The summed E-state index contributed by atoms with van der Waals surface area (Å²) in [6.07, 6.45) is 0.105. The van der Waals surface area contributed by atoms with Gasteiger partial charge in [-0.1, -0.05) is 66.7 Å². The Hall–Kier alpha value is -4.90. The van der Waals surface area contributed by atoms with Gasteiger partial charge >= 0.3 is 0 Å². The van der Waals surface area contributed by atoms with Crippen LogP contribution in [0.3, 0.4) is 0 Å². The minimum absolute atomic E-state index is 0.0520. The van der Waals surface area contributed by atoms with E-state index in [4.69, 9.17) is 9.47 Å². The topological polar surface area (TPSA) is 105 Å². The van der Waals surface area contributed by atoms with E-state index in [2.05, 4.69) is 5.32 Å². The van der Waals surface area contributed by atoms with Crippen LogP contribution >= 0.6 is 0 Å². The molecule has 0 aliphatic carbocycles. The summed E-state index contributed by atoms with van der Waals surface area (Å²) in [6.45, 7) is 2.58. The molecule has 46 heavy (non-hydrogen) atoms. The maximum absolute atomic E-state index is 15.1. The van der Waals surface area contributed by atoms with Gasteiger partial charge in [0, 0.05) is 30.6 Å². The molecule has 0 heterocycles. The molecular formula is C35H38FN3O6S. The quantitative estimate of drug-likeness (QED) is 0.202. The Bertz CT molecular complexity index is 1740. The van der Waals surface area contributed by atoms with E-state index in [9.17, 15) is 18.0 Å². The first-order valence-corrected chi connectivity index (χ1v) is 16.2. The molecule has 9 nitrogen and oxygen atoms in total. The molecule has 0 radical (unpaired) electrons. The zero-order valence-corrected chi connectivity index (χ0v) is 27.0. The van der Waals surface area contributed by atoms with Gasteiger partial charge < -0.3 is 19.7 Å². The molecule has 1 N–H and O–H groups in total. The first-order valence-electron chi connectivity index (χ1n) is 14.7. The SMILES string of the molecule is COc1ccc(OC)c(N(CC(=O)N(Cc2ccccc2F)C(Cc2ccccc2)C(=O)NC(C)C)S(=O)(=O)c2ccccc2)c1. The normalized spacial score (nSPS) is 11.9. The number of hydrogen-bond acceptors (Lipinski definition) is 6. The van der Waals surface area contributed by atoms with Gasteiger partial charge in [0.05, 0.1) is 24.8 Å². The second-order valence-electron chi connectivity index (χ2n) is 10.8. The average molecular weight is 648 g/mol. The number of nitrogens with one attached hydrogen (secondary N) is 1. The minimum atomic E-state index is -4.37. The van der Waals surface area contributed by atoms with Crippen molar-refractivity contribution in [1.29, 1.82) is 0 Å². The zero-order chi connectivity index (χ0) is 33.3. The summed E-state index contributed by atoms with van der Waals surface area (Å²) in [6, 6.07) is 26.0. The number of sulfonamides is 1. The number of nitrogens with zero attached hydrogens (tertiary/aromatic N) is 2. The summed E-state index contributed by atoms with van der Waals surface area (Å²) >= 11 is 0. The maximum atomic E-state index is 15.1. The molecule has 0 saturated heterocycles. The number of ether oxygens (including phenoxy) is 2. The Kier molecular flexibility index (Phi) is 11.4. The van der Waals surface area contributed by atoms with Crippen molar-refractivity contribution >= 4 is 27.5 Å². The van der Waals surface area contributed by atoms with Crippen molar-refractivity contribution in [2.75, 3.05) is 25.1 Å². The summed E-state index contributed by atoms with van der Waals surface area (Å²) < 4.78 is 55.3. The third kappa shape index (κ3) is 8.22. The highest BCUT2D eigenvalue weighted by Gasteiger charge is 2.36. The summed E-state index contributed by atoms with van der Waals surface area (Å²) in [7, 11) is -1.55. The molecule has 242 valence electrons. The minimum Gasteiger partial charge on any atom is -0.497 e. The van der Waals surface area contributed by atoms with Crippen molar-refractivity contribution in [3.8, 4) is 11.5 Å². The van der Waals surface area contributed by atoms with Crippen molar-refractivity contribution in [2.24, 2.45) is 0 Å². The molecule has 4 aromatic carbocycles. The Labute approximate surface area is 269 Å². The van der Waals surface area contributed by atoms with Crippen LogP contribution in [0.25, 0.3) is 0 Å². The van der Waals surface area contributed by atoms with Crippen LogP contribution in [0.5, 0.6) is 11.5 Å². The van der Waals surface area contributed by atoms with Crippen LogP contribution in [0.1, 0.15) is 25.0 Å². The van der Waals surface area contributed by atoms with Gasteiger partial charge in [-0.25, -0.2) is 12.8 Å². The third-order valence-electron chi connectivity index (χ3n) is 7.27. The first kappa shape index (κ1) is 34.0. The van der Waals surface area contributed by atoms with Crippen molar-refractivity contribution in [2.45, 2.75) is 43.8 Å². The summed E-state index contributed by atoms with van der Waals surface area (Å²) in [4.78, 5) is 29.5. The molecule has 0 fully saturated rings. The van der Waals surface area contributed by atoms with Gasteiger partial charge in [-0.2, -0.15) is 0 Å². The Balaban J connectivity index is 1.87. The second kappa shape index (κ2) is 15.4. The molecule has 0 aliphatic heterocycles. The lowest BCUT2D eigenvalue weighted by Crippen LogP contribution is -2.54. The molecular weight excluding hydrogens is 609 g/mol. The highest BCUT2D eigenvalue weighted by Crippen LogP contribution is 2.36. The number of carbonyl (C=O) groups excluding carboxylic acids is 2. The highest BCUT2D eigenvalue weighted by atomic mass is 32.2. The predicted octanol–water partition coefficient (Wildman–Crippen LogP) is 5.20. The number of amides is 2. The maximum Gasteiger partial charge on any atom is 0.264 e. The molecule has 0 bridgehead atoms. The van der Waals surface area contributed by atoms with Gasteiger partial charge in [-0.05, 0) is 49.7 Å². The van der Waals surface area contributed by atoms with Gasteiger partial charge in [0.1, 0.15) is 29.9 Å². The first-order chi connectivity index (χ1) is 22.0. The second-order valence-corrected chi connectivity index (χ2v) is 12.7. The molecule has 0 saturated carbocycles. The van der Waals surface area contributed by atoms with Crippen LogP contribution in [0.4, 0.5) is 10.1 Å². The number of methoxy groups -OCH3 is 2. The van der Waals surface area contributed by atoms with Gasteiger partial charge in [-0.15, -0.1) is 0 Å². The van der Waals surface area contributed by atoms with Crippen LogP contribution in [-0.2, 0) is 32.6 Å². The highest BCUT2D eigenvalue weighted by molar-refractivity contribution is 7.92. The van der Waals surface area contributed by atoms with E-state index in [0.717, 1.165) is 9.87 Å². The van der Waals surface area contributed by atoms with Crippen LogP contribution in [0.15, 0.2) is 108 Å². The molecule has 4 aromatic rings. The number of halogens is 1. The van der Waals surface area contributed by atoms with E-state index in [-0.39, 0.29) is 40.9 Å². The van der Waals surface area contributed by atoms with Crippen molar-refractivity contribution in [3.05, 3.63) is 120 Å². The molecule has 1 atom stereocenters. The monoisotopic (exact) mass is 647 g/mol. The molecule has 2 amide bonds. The Morgan fingerprint density at radius 2 is 1.48 bits per heavy atom. The molecule has 0 aliphatic rings. The van der Waals surface area contributed by atoms with E-state index < -0.39 is 40.2 Å². The molecule has 0 aromatic heterocycles. The molecule has 1 unspecified atom stereocenters. The number of rotatable bonds is 14. The van der Waals surface area contributed by atoms with Gasteiger partial charge in [0.25, 0.3) is 10.0 Å². The Morgan fingerprint density at radius 1 is 0.848 bits per heavy atom. The van der Waals surface area contributed by atoms with Crippen LogP contribution in [0.2, 0.25) is 0 Å². The van der Waals surface area contributed by atoms with Crippen LogP contribution in [0, 0.1) is 5.82 Å². The number of hydrogen-bond donors (Lipinski definition) is 1. The smallest absolute Gasteiger partial charge is 0.264 e. The van der Waals surface area contributed by atoms with Crippen LogP contribution in [-0.4, -0.2) is 58.0 Å².